The van der Waals surface area contributed by atoms with Crippen molar-refractivity contribution in [2.75, 3.05) is 13.2 Å². The van der Waals surface area contributed by atoms with Crippen LogP contribution in [0.2, 0.25) is 0 Å². The standard InChI is InChI=1S/C24H50O/c1-8-12-13-14-20-25-21-19-24(7,11-4)18-17-23(6,10-3)16-15-22(5)9-2/h22H,8-21H2,1-7H3. The molecular formula is C24H50O. The number of unbranched alkanes of at least 4 members (excludes halogenated alkanes) is 3. The fourth-order valence-electron chi connectivity index (χ4n) is 3.41. The molecule has 0 bridgehead atoms. The van der Waals surface area contributed by atoms with Gasteiger partial charge in [-0.25, -0.2) is 0 Å². The highest BCUT2D eigenvalue weighted by atomic mass is 16.5. The Morgan fingerprint density at radius 1 is 0.720 bits per heavy atom. The van der Waals surface area contributed by atoms with Crippen molar-refractivity contribution in [1.82, 2.24) is 0 Å². The van der Waals surface area contributed by atoms with Gasteiger partial charge in [-0.05, 0) is 48.9 Å². The lowest BCUT2D eigenvalue weighted by atomic mass is 9.71. The Morgan fingerprint density at radius 3 is 1.84 bits per heavy atom. The molecule has 0 saturated carbocycles. The second-order valence-electron chi connectivity index (χ2n) is 9.30. The summed E-state index contributed by atoms with van der Waals surface area (Å²) < 4.78 is 5.93. The van der Waals surface area contributed by atoms with Crippen LogP contribution in [0.1, 0.15) is 126 Å². The van der Waals surface area contributed by atoms with E-state index in [9.17, 15) is 0 Å². The Morgan fingerprint density at radius 2 is 1.32 bits per heavy atom. The second-order valence-corrected chi connectivity index (χ2v) is 9.30. The van der Waals surface area contributed by atoms with Gasteiger partial charge >= 0.3 is 0 Å². The first kappa shape index (κ1) is 25.0. The molecule has 1 heteroatoms. The lowest BCUT2D eigenvalue weighted by Crippen LogP contribution is -2.24. The molecule has 0 radical (unpaired) electrons. The van der Waals surface area contributed by atoms with Crippen LogP contribution < -0.4 is 0 Å². The SMILES string of the molecule is CCCCCCOCCC(C)(CC)CCC(C)(CC)CCC(C)CC. The molecule has 3 atom stereocenters. The minimum Gasteiger partial charge on any atom is -0.381 e. The van der Waals surface area contributed by atoms with Crippen LogP contribution in [-0.2, 0) is 4.74 Å². The molecule has 25 heavy (non-hydrogen) atoms. The lowest BCUT2D eigenvalue weighted by molar-refractivity contribution is 0.0819. The minimum atomic E-state index is 0.455. The zero-order valence-corrected chi connectivity index (χ0v) is 18.9. The number of hydrogen-bond acceptors (Lipinski definition) is 1. The van der Waals surface area contributed by atoms with Crippen LogP contribution in [0.15, 0.2) is 0 Å². The van der Waals surface area contributed by atoms with Crippen LogP contribution in [0.5, 0.6) is 0 Å². The third-order valence-corrected chi connectivity index (χ3v) is 6.97. The summed E-state index contributed by atoms with van der Waals surface area (Å²) in [6.07, 6.45) is 15.9. The monoisotopic (exact) mass is 354 g/mol. The van der Waals surface area contributed by atoms with Gasteiger partial charge in [0.05, 0.1) is 0 Å². The predicted octanol–water partition coefficient (Wildman–Crippen LogP) is 8.41. The number of hydrogen-bond donors (Lipinski definition) is 0. The second kappa shape index (κ2) is 14.1. The number of rotatable bonds is 17. The van der Waals surface area contributed by atoms with Crippen molar-refractivity contribution >= 4 is 0 Å². The fourth-order valence-corrected chi connectivity index (χ4v) is 3.41. The predicted molar refractivity (Wildman–Crippen MR) is 114 cm³/mol. The van der Waals surface area contributed by atoms with Crippen LogP contribution in [-0.4, -0.2) is 13.2 Å². The fraction of sp³-hybridized carbons (Fsp3) is 1.00. The van der Waals surface area contributed by atoms with Gasteiger partial charge in [0.25, 0.3) is 0 Å². The maximum Gasteiger partial charge on any atom is 0.0471 e. The summed E-state index contributed by atoms with van der Waals surface area (Å²) in [5, 5.41) is 0. The van der Waals surface area contributed by atoms with E-state index in [0.29, 0.717) is 10.8 Å². The molecule has 0 amide bonds. The maximum absolute atomic E-state index is 5.93. The minimum absolute atomic E-state index is 0.455. The summed E-state index contributed by atoms with van der Waals surface area (Å²) in [5.41, 5.74) is 0.983. The quantitative estimate of drug-likeness (QED) is 0.238. The van der Waals surface area contributed by atoms with E-state index < -0.39 is 0 Å². The Kier molecular flexibility index (Phi) is 14.0. The molecule has 3 unspecified atom stereocenters. The van der Waals surface area contributed by atoms with E-state index in [4.69, 9.17) is 4.74 Å². The van der Waals surface area contributed by atoms with Gasteiger partial charge in [-0.2, -0.15) is 0 Å². The van der Waals surface area contributed by atoms with Crippen molar-refractivity contribution in [3.05, 3.63) is 0 Å². The van der Waals surface area contributed by atoms with Crippen LogP contribution in [0.4, 0.5) is 0 Å². The molecule has 0 aliphatic heterocycles. The van der Waals surface area contributed by atoms with Gasteiger partial charge in [0.1, 0.15) is 0 Å². The first-order valence-corrected chi connectivity index (χ1v) is 11.4. The summed E-state index contributed by atoms with van der Waals surface area (Å²) in [4.78, 5) is 0. The highest BCUT2D eigenvalue weighted by Gasteiger charge is 2.28. The van der Waals surface area contributed by atoms with E-state index in [-0.39, 0.29) is 0 Å². The highest BCUT2D eigenvalue weighted by molar-refractivity contribution is 4.80. The molecule has 1 nitrogen and oxygen atoms in total. The van der Waals surface area contributed by atoms with Gasteiger partial charge in [-0.1, -0.05) is 93.4 Å². The molecule has 0 aromatic carbocycles. The molecule has 0 aliphatic carbocycles. The average molecular weight is 355 g/mol. The first-order valence-electron chi connectivity index (χ1n) is 11.4. The van der Waals surface area contributed by atoms with Crippen LogP contribution >= 0.6 is 0 Å². The molecule has 0 heterocycles. The molecule has 0 N–H and O–H groups in total. The molecule has 0 saturated heterocycles. The molecule has 0 fully saturated rings. The highest BCUT2D eigenvalue weighted by Crippen LogP contribution is 2.41. The van der Waals surface area contributed by atoms with E-state index >= 15 is 0 Å². The van der Waals surface area contributed by atoms with Crippen LogP contribution in [0.25, 0.3) is 0 Å². The van der Waals surface area contributed by atoms with E-state index in [0.717, 1.165) is 19.1 Å². The Labute approximate surface area is 160 Å². The molecular weight excluding hydrogens is 304 g/mol. The molecule has 0 aliphatic rings. The molecule has 0 rings (SSSR count). The topological polar surface area (TPSA) is 9.23 Å². The average Bonchev–Trinajstić information content (AvgIpc) is 2.63. The molecule has 0 aromatic heterocycles. The maximum atomic E-state index is 5.93. The van der Waals surface area contributed by atoms with Crippen molar-refractivity contribution < 1.29 is 4.74 Å². The van der Waals surface area contributed by atoms with E-state index in [1.165, 1.54) is 77.0 Å². The molecule has 152 valence electrons. The van der Waals surface area contributed by atoms with Gasteiger partial charge in [0.15, 0.2) is 0 Å². The summed E-state index contributed by atoms with van der Waals surface area (Å²) in [5.74, 6) is 0.879. The van der Waals surface area contributed by atoms with Gasteiger partial charge in [0.2, 0.25) is 0 Å². The third kappa shape index (κ3) is 12.1. The van der Waals surface area contributed by atoms with Gasteiger partial charge in [-0.15, -0.1) is 0 Å². The normalized spacial score (nSPS) is 17.9. The number of ether oxygens (including phenoxy) is 1. The lowest BCUT2D eigenvalue weighted by Gasteiger charge is -2.35. The van der Waals surface area contributed by atoms with E-state index in [2.05, 4.69) is 48.5 Å². The Balaban J connectivity index is 4.19. The van der Waals surface area contributed by atoms with Crippen LogP contribution in [0, 0.1) is 16.7 Å². The van der Waals surface area contributed by atoms with Gasteiger partial charge in [-0.3, -0.25) is 0 Å². The Hall–Kier alpha value is -0.0400. The first-order chi connectivity index (χ1) is 11.8. The largest absolute Gasteiger partial charge is 0.381 e. The van der Waals surface area contributed by atoms with E-state index in [1.54, 1.807) is 0 Å². The third-order valence-electron chi connectivity index (χ3n) is 6.97. The summed E-state index contributed by atoms with van der Waals surface area (Å²) in [6, 6.07) is 0. The van der Waals surface area contributed by atoms with E-state index in [1.807, 2.05) is 0 Å². The van der Waals surface area contributed by atoms with Crippen molar-refractivity contribution in [3.63, 3.8) is 0 Å². The van der Waals surface area contributed by atoms with Gasteiger partial charge in [0, 0.05) is 13.2 Å². The summed E-state index contributed by atoms with van der Waals surface area (Å²) in [7, 11) is 0. The van der Waals surface area contributed by atoms with Crippen LogP contribution in [0.3, 0.4) is 0 Å². The van der Waals surface area contributed by atoms with Crippen molar-refractivity contribution in [2.24, 2.45) is 16.7 Å². The van der Waals surface area contributed by atoms with Gasteiger partial charge < -0.3 is 4.74 Å². The molecule has 0 spiro atoms. The Bertz CT molecular complexity index is 300. The summed E-state index contributed by atoms with van der Waals surface area (Å²) >= 11 is 0. The van der Waals surface area contributed by atoms with Crippen molar-refractivity contribution in [2.45, 2.75) is 126 Å². The zero-order chi connectivity index (χ0) is 19.2. The summed E-state index contributed by atoms with van der Waals surface area (Å²) in [6.45, 7) is 18.7. The van der Waals surface area contributed by atoms with Crippen molar-refractivity contribution in [3.8, 4) is 0 Å². The zero-order valence-electron chi connectivity index (χ0n) is 18.9. The smallest absolute Gasteiger partial charge is 0.0471 e. The molecule has 0 aromatic rings. The van der Waals surface area contributed by atoms with Crippen molar-refractivity contribution in [1.29, 1.82) is 0 Å².